The van der Waals surface area contributed by atoms with Crippen molar-refractivity contribution in [2.75, 3.05) is 37.4 Å². The molecule has 2 heterocycles. The molecule has 1 N–H and O–H groups in total. The third kappa shape index (κ3) is 4.44. The van der Waals surface area contributed by atoms with Gasteiger partial charge < -0.3 is 19.7 Å². The maximum Gasteiger partial charge on any atom is 0.229 e. The number of hydrogen-bond acceptors (Lipinski definition) is 3. The van der Waals surface area contributed by atoms with Gasteiger partial charge in [-0.2, -0.15) is 0 Å². The maximum atomic E-state index is 14.1. The van der Waals surface area contributed by atoms with Gasteiger partial charge in [-0.05, 0) is 50.5 Å². The molecule has 2 amide bonds. The van der Waals surface area contributed by atoms with E-state index in [1.165, 1.54) is 11.0 Å². The topological polar surface area (TPSA) is 57.6 Å². The Morgan fingerprint density at radius 3 is 2.71 bits per heavy atom. The van der Waals surface area contributed by atoms with Crippen molar-refractivity contribution >= 4 is 34.1 Å². The predicted molar refractivity (Wildman–Crippen MR) is 116 cm³/mol. The van der Waals surface area contributed by atoms with Gasteiger partial charge in [-0.15, -0.1) is 0 Å². The van der Waals surface area contributed by atoms with E-state index in [2.05, 4.69) is 14.8 Å². The monoisotopic (exact) mass is 426 g/mol. The lowest BCUT2D eigenvalue weighted by Gasteiger charge is -2.17. The number of nitrogens with zero attached hydrogens (tertiary/aromatic N) is 3. The molecule has 0 spiro atoms. The summed E-state index contributed by atoms with van der Waals surface area (Å²) < 4.78 is 29.4. The number of amides is 2. The number of nitrogens with one attached hydrogen (secondary N) is 1. The van der Waals surface area contributed by atoms with Crippen LogP contribution in [0, 0.1) is 17.6 Å². The summed E-state index contributed by atoms with van der Waals surface area (Å²) in [5.41, 5.74) is 1.71. The number of halogens is 2. The Hall–Kier alpha value is -3.26. The first kappa shape index (κ1) is 21.0. The lowest BCUT2D eigenvalue weighted by Crippen LogP contribution is -2.28. The third-order valence-corrected chi connectivity index (χ3v) is 5.52. The summed E-state index contributed by atoms with van der Waals surface area (Å²) in [6, 6.07) is 10.7. The molecule has 31 heavy (non-hydrogen) atoms. The minimum absolute atomic E-state index is 0.0119. The van der Waals surface area contributed by atoms with Crippen molar-refractivity contribution in [2.24, 2.45) is 5.92 Å². The Labute approximate surface area is 179 Å². The molecular weight excluding hydrogens is 402 g/mol. The summed E-state index contributed by atoms with van der Waals surface area (Å²) in [6.07, 6.45) is 2.00. The third-order valence-electron chi connectivity index (χ3n) is 5.52. The van der Waals surface area contributed by atoms with E-state index in [1.807, 2.05) is 44.6 Å². The fraction of sp³-hybridized carbons (Fsp3) is 0.304. The van der Waals surface area contributed by atoms with Gasteiger partial charge in [-0.1, -0.05) is 0 Å². The summed E-state index contributed by atoms with van der Waals surface area (Å²) >= 11 is 0. The zero-order valence-corrected chi connectivity index (χ0v) is 17.4. The molecule has 1 aromatic heterocycles. The standard InChI is InChI=1S/C23H24F2N4O2/c1-27(2)9-10-28-8-7-15-11-18(4-6-20(15)28)26-23(31)16-12-22(30)29(14-16)21-5-3-17(24)13-19(21)25/h3-8,11,13,16H,9-10,12,14H2,1-2H3,(H,26,31). The number of benzene rings is 2. The highest BCUT2D eigenvalue weighted by Crippen LogP contribution is 2.29. The summed E-state index contributed by atoms with van der Waals surface area (Å²) in [5, 5.41) is 3.87. The lowest BCUT2D eigenvalue weighted by molar-refractivity contribution is -0.122. The molecule has 1 aliphatic rings. The summed E-state index contributed by atoms with van der Waals surface area (Å²) in [7, 11) is 4.05. The number of carbonyl (C=O) groups excluding carboxylic acids is 2. The second-order valence-electron chi connectivity index (χ2n) is 8.08. The average molecular weight is 426 g/mol. The van der Waals surface area contributed by atoms with Crippen molar-refractivity contribution in [1.82, 2.24) is 9.47 Å². The van der Waals surface area contributed by atoms with Crippen molar-refractivity contribution in [3.63, 3.8) is 0 Å². The van der Waals surface area contributed by atoms with Crippen LogP contribution in [0.2, 0.25) is 0 Å². The quantitative estimate of drug-likeness (QED) is 0.657. The highest BCUT2D eigenvalue weighted by Gasteiger charge is 2.36. The number of carbonyl (C=O) groups is 2. The molecule has 4 rings (SSSR count). The van der Waals surface area contributed by atoms with Crippen LogP contribution in [0.5, 0.6) is 0 Å². The van der Waals surface area contributed by atoms with Gasteiger partial charge in [-0.25, -0.2) is 8.78 Å². The van der Waals surface area contributed by atoms with E-state index in [9.17, 15) is 18.4 Å². The van der Waals surface area contributed by atoms with E-state index in [0.29, 0.717) is 5.69 Å². The normalized spacial score (nSPS) is 16.5. The molecular formula is C23H24F2N4O2. The van der Waals surface area contributed by atoms with Crippen LogP contribution in [-0.2, 0) is 16.1 Å². The predicted octanol–water partition coefficient (Wildman–Crippen LogP) is 3.47. The average Bonchev–Trinajstić information content (AvgIpc) is 3.29. The second-order valence-corrected chi connectivity index (χ2v) is 8.08. The number of rotatable bonds is 6. The number of hydrogen-bond donors (Lipinski definition) is 1. The van der Waals surface area contributed by atoms with Crippen LogP contribution in [-0.4, -0.2) is 48.5 Å². The molecule has 0 saturated carbocycles. The molecule has 3 aromatic rings. The molecule has 1 unspecified atom stereocenters. The van der Waals surface area contributed by atoms with Gasteiger partial charge in [0.25, 0.3) is 0 Å². The van der Waals surface area contributed by atoms with Gasteiger partial charge in [0.2, 0.25) is 11.8 Å². The van der Waals surface area contributed by atoms with Crippen LogP contribution < -0.4 is 10.2 Å². The fourth-order valence-electron chi connectivity index (χ4n) is 3.84. The molecule has 0 bridgehead atoms. The minimum atomic E-state index is -0.821. The van der Waals surface area contributed by atoms with E-state index >= 15 is 0 Å². The van der Waals surface area contributed by atoms with Crippen molar-refractivity contribution in [3.8, 4) is 0 Å². The van der Waals surface area contributed by atoms with Gasteiger partial charge in [0.15, 0.2) is 0 Å². The van der Waals surface area contributed by atoms with Gasteiger partial charge in [0.05, 0.1) is 11.6 Å². The summed E-state index contributed by atoms with van der Waals surface area (Å²) in [6.45, 7) is 1.83. The number of aromatic nitrogens is 1. The smallest absolute Gasteiger partial charge is 0.229 e. The van der Waals surface area contributed by atoms with Gasteiger partial charge >= 0.3 is 0 Å². The number of fused-ring (bicyclic) bond motifs is 1. The Kier molecular flexibility index (Phi) is 5.73. The largest absolute Gasteiger partial charge is 0.346 e. The van der Waals surface area contributed by atoms with Crippen LogP contribution in [0.4, 0.5) is 20.2 Å². The van der Waals surface area contributed by atoms with Crippen LogP contribution in [0.25, 0.3) is 10.9 Å². The van der Waals surface area contributed by atoms with Gasteiger partial charge in [-0.3, -0.25) is 9.59 Å². The number of anilines is 2. The summed E-state index contributed by atoms with van der Waals surface area (Å²) in [4.78, 5) is 28.4. The Morgan fingerprint density at radius 2 is 1.97 bits per heavy atom. The Morgan fingerprint density at radius 1 is 1.16 bits per heavy atom. The molecule has 0 radical (unpaired) electrons. The molecule has 1 aliphatic heterocycles. The van der Waals surface area contributed by atoms with Crippen LogP contribution in [0.1, 0.15) is 6.42 Å². The Balaban J connectivity index is 1.44. The molecule has 1 saturated heterocycles. The first-order chi connectivity index (χ1) is 14.8. The van der Waals surface area contributed by atoms with E-state index in [0.717, 1.165) is 36.1 Å². The maximum absolute atomic E-state index is 14.1. The fourth-order valence-corrected chi connectivity index (χ4v) is 3.84. The van der Waals surface area contributed by atoms with E-state index in [4.69, 9.17) is 0 Å². The first-order valence-corrected chi connectivity index (χ1v) is 10.1. The molecule has 1 atom stereocenters. The molecule has 6 nitrogen and oxygen atoms in total. The van der Waals surface area contributed by atoms with Crippen molar-refractivity contribution in [3.05, 3.63) is 60.3 Å². The number of likely N-dealkylation sites (N-methyl/N-ethyl adjacent to an activating group) is 1. The van der Waals surface area contributed by atoms with Crippen molar-refractivity contribution in [2.45, 2.75) is 13.0 Å². The second kappa shape index (κ2) is 8.47. The van der Waals surface area contributed by atoms with Crippen LogP contribution >= 0.6 is 0 Å². The first-order valence-electron chi connectivity index (χ1n) is 10.1. The zero-order chi connectivity index (χ0) is 22.1. The Bertz CT molecular complexity index is 1140. The molecule has 0 aliphatic carbocycles. The zero-order valence-electron chi connectivity index (χ0n) is 17.4. The van der Waals surface area contributed by atoms with E-state index < -0.39 is 17.6 Å². The SMILES string of the molecule is CN(C)CCn1ccc2cc(NC(=O)C3CC(=O)N(c4ccc(F)cc4F)C3)ccc21. The molecule has 2 aromatic carbocycles. The molecule has 162 valence electrons. The van der Waals surface area contributed by atoms with Crippen molar-refractivity contribution in [1.29, 1.82) is 0 Å². The van der Waals surface area contributed by atoms with Crippen molar-refractivity contribution < 1.29 is 18.4 Å². The van der Waals surface area contributed by atoms with Gasteiger partial charge in [0.1, 0.15) is 11.6 Å². The van der Waals surface area contributed by atoms with Crippen LogP contribution in [0.15, 0.2) is 48.7 Å². The van der Waals surface area contributed by atoms with Gasteiger partial charge in [0, 0.05) is 54.9 Å². The van der Waals surface area contributed by atoms with E-state index in [-0.39, 0.29) is 30.5 Å². The minimum Gasteiger partial charge on any atom is -0.346 e. The summed E-state index contributed by atoms with van der Waals surface area (Å²) in [5.74, 6) is -2.81. The van der Waals surface area contributed by atoms with E-state index in [1.54, 1.807) is 0 Å². The highest BCUT2D eigenvalue weighted by molar-refractivity contribution is 6.04. The highest BCUT2D eigenvalue weighted by atomic mass is 19.1. The van der Waals surface area contributed by atoms with Crippen LogP contribution in [0.3, 0.4) is 0 Å². The molecule has 8 heteroatoms. The lowest BCUT2D eigenvalue weighted by atomic mass is 10.1. The molecule has 1 fully saturated rings.